The van der Waals surface area contributed by atoms with E-state index >= 15 is 0 Å². The molecule has 0 radical (unpaired) electrons. The molecule has 1 aliphatic heterocycles. The highest BCUT2D eigenvalue weighted by Gasteiger charge is 2.30. The summed E-state index contributed by atoms with van der Waals surface area (Å²) in [5.41, 5.74) is 1.94. The zero-order valence-corrected chi connectivity index (χ0v) is 16.2. The maximum atomic E-state index is 6.39. The summed E-state index contributed by atoms with van der Waals surface area (Å²) in [6.07, 6.45) is 6.02. The van der Waals surface area contributed by atoms with Crippen molar-refractivity contribution in [1.82, 2.24) is 19.7 Å². The first-order chi connectivity index (χ1) is 13.7. The zero-order chi connectivity index (χ0) is 19.3. The number of benzene rings is 1. The van der Waals surface area contributed by atoms with E-state index in [0.29, 0.717) is 36.5 Å². The standard InChI is InChI=1S/C19H21ClN6O2/c1-27-10-8-25-13-15(11-22-25)23-19-21-12-16(20)18(24-19)26-17(7-9-28-26)14-5-3-2-4-6-14/h2-6,11-13,17H,7-10H2,1H3,(H,21,23,24)/t17-/m1/s1. The van der Waals surface area contributed by atoms with Gasteiger partial charge in [0, 0.05) is 19.7 Å². The minimum atomic E-state index is 0.0539. The number of nitrogens with zero attached hydrogens (tertiary/aromatic N) is 5. The van der Waals surface area contributed by atoms with Gasteiger partial charge in [0.25, 0.3) is 0 Å². The van der Waals surface area contributed by atoms with Crippen LogP contribution in [0, 0.1) is 0 Å². The SMILES string of the molecule is COCCn1cc(Nc2ncc(Cl)c(N3OCC[C@@H]3c3ccccc3)n2)cn1. The van der Waals surface area contributed by atoms with Crippen molar-refractivity contribution in [3.05, 3.63) is 59.5 Å². The second-order valence-electron chi connectivity index (χ2n) is 6.35. The molecule has 1 aliphatic rings. The number of rotatable bonds is 7. The lowest BCUT2D eigenvalue weighted by molar-refractivity contribution is 0.157. The van der Waals surface area contributed by atoms with E-state index in [2.05, 4.69) is 32.5 Å². The van der Waals surface area contributed by atoms with Crippen LogP contribution in [0.2, 0.25) is 5.02 Å². The topological polar surface area (TPSA) is 77.3 Å². The number of halogens is 1. The number of anilines is 3. The lowest BCUT2D eigenvalue weighted by Gasteiger charge is -2.24. The second-order valence-corrected chi connectivity index (χ2v) is 6.76. The van der Waals surface area contributed by atoms with Crippen LogP contribution in [0.25, 0.3) is 0 Å². The molecule has 3 aromatic rings. The lowest BCUT2D eigenvalue weighted by atomic mass is 10.0. The predicted octanol–water partition coefficient (Wildman–Crippen LogP) is 3.60. The smallest absolute Gasteiger partial charge is 0.229 e. The molecule has 0 amide bonds. The Bertz CT molecular complexity index is 920. The minimum absolute atomic E-state index is 0.0539. The molecule has 9 heteroatoms. The van der Waals surface area contributed by atoms with Crippen LogP contribution in [-0.2, 0) is 16.1 Å². The van der Waals surface area contributed by atoms with Crippen LogP contribution < -0.4 is 10.4 Å². The van der Waals surface area contributed by atoms with Gasteiger partial charge in [0.05, 0.1) is 43.9 Å². The van der Waals surface area contributed by atoms with Gasteiger partial charge in [-0.1, -0.05) is 41.9 Å². The van der Waals surface area contributed by atoms with Crippen molar-refractivity contribution in [2.45, 2.75) is 19.0 Å². The molecule has 1 N–H and O–H groups in total. The van der Waals surface area contributed by atoms with E-state index in [4.69, 9.17) is 21.2 Å². The Morgan fingerprint density at radius 1 is 1.29 bits per heavy atom. The molecule has 0 saturated carbocycles. The van der Waals surface area contributed by atoms with Crippen LogP contribution >= 0.6 is 11.6 Å². The fraction of sp³-hybridized carbons (Fsp3) is 0.316. The van der Waals surface area contributed by atoms with Gasteiger partial charge in [-0.05, 0) is 5.56 Å². The Balaban J connectivity index is 1.54. The maximum absolute atomic E-state index is 6.39. The van der Waals surface area contributed by atoms with Crippen LogP contribution in [0.15, 0.2) is 48.9 Å². The quantitative estimate of drug-likeness (QED) is 0.649. The normalized spacial score (nSPS) is 16.5. The van der Waals surface area contributed by atoms with Crippen LogP contribution in [0.4, 0.5) is 17.5 Å². The molecule has 146 valence electrons. The Labute approximate surface area is 168 Å². The van der Waals surface area contributed by atoms with E-state index in [1.807, 2.05) is 24.4 Å². The fourth-order valence-corrected chi connectivity index (χ4v) is 3.27. The monoisotopic (exact) mass is 400 g/mol. The molecule has 1 saturated heterocycles. The van der Waals surface area contributed by atoms with Crippen molar-refractivity contribution in [2.75, 3.05) is 30.7 Å². The third kappa shape index (κ3) is 4.09. The Hall–Kier alpha value is -2.68. The van der Waals surface area contributed by atoms with Gasteiger partial charge >= 0.3 is 0 Å². The maximum Gasteiger partial charge on any atom is 0.229 e. The number of hydrogen-bond acceptors (Lipinski definition) is 7. The van der Waals surface area contributed by atoms with Crippen LogP contribution in [0.5, 0.6) is 0 Å². The van der Waals surface area contributed by atoms with Crippen molar-refractivity contribution >= 4 is 29.1 Å². The van der Waals surface area contributed by atoms with Gasteiger partial charge in [-0.2, -0.15) is 10.1 Å². The largest absolute Gasteiger partial charge is 0.383 e. The van der Waals surface area contributed by atoms with Crippen molar-refractivity contribution in [3.63, 3.8) is 0 Å². The van der Waals surface area contributed by atoms with Gasteiger partial charge in [0.1, 0.15) is 5.02 Å². The molecule has 1 aromatic carbocycles. The summed E-state index contributed by atoms with van der Waals surface area (Å²) in [4.78, 5) is 14.7. The molecule has 1 atom stereocenters. The molecule has 0 unspecified atom stereocenters. The van der Waals surface area contributed by atoms with Crippen molar-refractivity contribution < 1.29 is 9.57 Å². The number of hydroxylamine groups is 1. The van der Waals surface area contributed by atoms with Gasteiger partial charge in [-0.15, -0.1) is 0 Å². The molecule has 3 heterocycles. The summed E-state index contributed by atoms with van der Waals surface area (Å²) in [5.74, 6) is 0.963. The number of methoxy groups -OCH3 is 1. The first-order valence-corrected chi connectivity index (χ1v) is 9.40. The number of ether oxygens (including phenoxy) is 1. The molecule has 0 spiro atoms. The predicted molar refractivity (Wildman–Crippen MR) is 107 cm³/mol. The third-order valence-corrected chi connectivity index (χ3v) is 4.70. The average molecular weight is 401 g/mol. The van der Waals surface area contributed by atoms with E-state index in [1.165, 1.54) is 0 Å². The van der Waals surface area contributed by atoms with Crippen LogP contribution in [0.3, 0.4) is 0 Å². The first-order valence-electron chi connectivity index (χ1n) is 9.02. The average Bonchev–Trinajstić information content (AvgIpc) is 3.38. The Morgan fingerprint density at radius 3 is 2.96 bits per heavy atom. The van der Waals surface area contributed by atoms with Crippen molar-refractivity contribution in [3.8, 4) is 0 Å². The number of hydrogen-bond donors (Lipinski definition) is 1. The van der Waals surface area contributed by atoms with E-state index in [1.54, 1.807) is 29.2 Å². The third-order valence-electron chi connectivity index (χ3n) is 4.44. The molecule has 1 fully saturated rings. The Morgan fingerprint density at radius 2 is 2.14 bits per heavy atom. The summed E-state index contributed by atoms with van der Waals surface area (Å²) in [5, 5.41) is 9.64. The van der Waals surface area contributed by atoms with Gasteiger partial charge in [0.2, 0.25) is 5.95 Å². The van der Waals surface area contributed by atoms with E-state index in [-0.39, 0.29) is 6.04 Å². The van der Waals surface area contributed by atoms with Crippen LogP contribution in [-0.4, -0.2) is 40.1 Å². The molecule has 2 aromatic heterocycles. The highest BCUT2D eigenvalue weighted by Crippen LogP contribution is 2.37. The van der Waals surface area contributed by atoms with Gasteiger partial charge in [-0.3, -0.25) is 9.52 Å². The molecule has 8 nitrogen and oxygen atoms in total. The van der Waals surface area contributed by atoms with Crippen molar-refractivity contribution in [1.29, 1.82) is 0 Å². The van der Waals surface area contributed by atoms with Gasteiger partial charge in [-0.25, -0.2) is 10.0 Å². The molecule has 0 aliphatic carbocycles. The summed E-state index contributed by atoms with van der Waals surface area (Å²) in [6.45, 7) is 1.87. The zero-order valence-electron chi connectivity index (χ0n) is 15.5. The van der Waals surface area contributed by atoms with Gasteiger partial charge < -0.3 is 10.1 Å². The minimum Gasteiger partial charge on any atom is -0.383 e. The van der Waals surface area contributed by atoms with Crippen LogP contribution in [0.1, 0.15) is 18.0 Å². The molecule has 4 rings (SSSR count). The summed E-state index contributed by atoms with van der Waals surface area (Å²) < 4.78 is 6.86. The Kier molecular flexibility index (Phi) is 5.70. The second kappa shape index (κ2) is 8.55. The van der Waals surface area contributed by atoms with E-state index in [0.717, 1.165) is 17.7 Å². The highest BCUT2D eigenvalue weighted by atomic mass is 35.5. The van der Waals surface area contributed by atoms with Gasteiger partial charge in [0.15, 0.2) is 5.82 Å². The lowest BCUT2D eigenvalue weighted by Crippen LogP contribution is -2.23. The molecular weight excluding hydrogens is 380 g/mol. The van der Waals surface area contributed by atoms with Crippen molar-refractivity contribution in [2.24, 2.45) is 0 Å². The highest BCUT2D eigenvalue weighted by molar-refractivity contribution is 6.32. The van der Waals surface area contributed by atoms with E-state index < -0.39 is 0 Å². The van der Waals surface area contributed by atoms with E-state index in [9.17, 15) is 0 Å². The summed E-state index contributed by atoms with van der Waals surface area (Å²) in [7, 11) is 1.66. The number of aromatic nitrogens is 4. The molecular formula is C19H21ClN6O2. The number of nitrogens with one attached hydrogen (secondary N) is 1. The fourth-order valence-electron chi connectivity index (χ4n) is 3.09. The molecule has 0 bridgehead atoms. The summed E-state index contributed by atoms with van der Waals surface area (Å²) >= 11 is 6.39. The summed E-state index contributed by atoms with van der Waals surface area (Å²) in [6, 6.07) is 10.2. The first kappa shape index (κ1) is 18.7. The molecule has 28 heavy (non-hydrogen) atoms.